The van der Waals surface area contributed by atoms with E-state index in [0.29, 0.717) is 17.3 Å². The van der Waals surface area contributed by atoms with Gasteiger partial charge in [-0.25, -0.2) is 0 Å². The third kappa shape index (κ3) is 4.24. The molecule has 0 saturated heterocycles. The van der Waals surface area contributed by atoms with Gasteiger partial charge < -0.3 is 9.84 Å². The topological polar surface area (TPSA) is 68.0 Å². The molecule has 0 bridgehead atoms. The minimum absolute atomic E-state index is 0.0694. The zero-order valence-corrected chi connectivity index (χ0v) is 15.7. The van der Waals surface area contributed by atoms with E-state index in [-0.39, 0.29) is 5.91 Å². The summed E-state index contributed by atoms with van der Waals surface area (Å²) in [4.78, 5) is 17.3. The van der Waals surface area contributed by atoms with Crippen molar-refractivity contribution in [3.05, 3.63) is 47.1 Å². The summed E-state index contributed by atoms with van der Waals surface area (Å²) < 4.78 is 5.20. The van der Waals surface area contributed by atoms with Crippen LogP contribution < -0.4 is 5.32 Å². The van der Waals surface area contributed by atoms with E-state index < -0.39 is 5.54 Å². The van der Waals surface area contributed by atoms with Crippen molar-refractivity contribution < 1.29 is 9.32 Å². The number of hydrogen-bond acceptors (Lipinski definition) is 5. The summed E-state index contributed by atoms with van der Waals surface area (Å²) in [5, 5.41) is 7.38. The number of thioether (sulfide) groups is 1. The Kier molecular flexibility index (Phi) is 5.78. The van der Waals surface area contributed by atoms with Crippen molar-refractivity contribution in [3.63, 3.8) is 0 Å². The van der Waals surface area contributed by atoms with E-state index in [1.807, 2.05) is 24.3 Å². The first-order valence-electron chi connectivity index (χ1n) is 8.84. The normalized spacial score (nSPS) is 17.0. The maximum absolute atomic E-state index is 12.9. The molecular weight excluding hydrogens is 334 g/mol. The maximum Gasteiger partial charge on any atom is 0.252 e. The molecule has 2 aromatic rings. The molecule has 0 aliphatic heterocycles. The second kappa shape index (κ2) is 8.04. The SMILES string of the molecule is CSCc1ccc(C(=O)NC2(c3noc(C)n3)CCCCCC2)cc1. The standard InChI is InChI=1S/C19H25N3O2S/c1-14-20-18(22-24-14)19(11-5-3-4-6-12-19)21-17(23)16-9-7-15(8-10-16)13-25-2/h7-10H,3-6,11-13H2,1-2H3,(H,21,23). The molecule has 5 nitrogen and oxygen atoms in total. The Bertz CT molecular complexity index is 704. The molecule has 134 valence electrons. The summed E-state index contributed by atoms with van der Waals surface area (Å²) in [6.07, 6.45) is 8.24. The predicted octanol–water partition coefficient (Wildman–Crippen LogP) is 4.22. The molecular formula is C19H25N3O2S. The highest BCUT2D eigenvalue weighted by molar-refractivity contribution is 7.97. The van der Waals surface area contributed by atoms with Gasteiger partial charge in [0.15, 0.2) is 5.82 Å². The summed E-state index contributed by atoms with van der Waals surface area (Å²) in [5.41, 5.74) is 1.37. The van der Waals surface area contributed by atoms with Crippen LogP contribution in [0.1, 0.15) is 66.2 Å². The van der Waals surface area contributed by atoms with Crippen molar-refractivity contribution >= 4 is 17.7 Å². The molecule has 0 unspecified atom stereocenters. The van der Waals surface area contributed by atoms with E-state index in [0.717, 1.165) is 31.4 Å². The summed E-state index contributed by atoms with van der Waals surface area (Å²) in [7, 11) is 0. The number of benzene rings is 1. The Morgan fingerprint density at radius 1 is 1.20 bits per heavy atom. The van der Waals surface area contributed by atoms with Gasteiger partial charge in [-0.2, -0.15) is 16.7 Å². The fourth-order valence-electron chi connectivity index (χ4n) is 3.44. The van der Waals surface area contributed by atoms with Crippen LogP contribution in [0.15, 0.2) is 28.8 Å². The lowest BCUT2D eigenvalue weighted by Gasteiger charge is -2.30. The summed E-state index contributed by atoms with van der Waals surface area (Å²) in [6, 6.07) is 7.83. The number of hydrogen-bond donors (Lipinski definition) is 1. The minimum atomic E-state index is -0.525. The molecule has 1 aromatic carbocycles. The van der Waals surface area contributed by atoms with Crippen molar-refractivity contribution in [2.24, 2.45) is 0 Å². The van der Waals surface area contributed by atoms with Crippen molar-refractivity contribution in [2.45, 2.75) is 56.7 Å². The van der Waals surface area contributed by atoms with E-state index in [2.05, 4.69) is 21.7 Å². The molecule has 1 fully saturated rings. The van der Waals surface area contributed by atoms with E-state index in [4.69, 9.17) is 4.52 Å². The highest BCUT2D eigenvalue weighted by Gasteiger charge is 2.38. The Hall–Kier alpha value is -1.82. The van der Waals surface area contributed by atoms with E-state index in [1.165, 1.54) is 18.4 Å². The van der Waals surface area contributed by atoms with E-state index >= 15 is 0 Å². The number of nitrogens with zero attached hydrogens (tertiary/aromatic N) is 2. The average Bonchev–Trinajstić information content (AvgIpc) is 2.92. The Labute approximate surface area is 153 Å². The first kappa shape index (κ1) is 18.0. The van der Waals surface area contributed by atoms with Gasteiger partial charge in [0.1, 0.15) is 5.54 Å². The van der Waals surface area contributed by atoms with Crippen LogP contribution in [0.25, 0.3) is 0 Å². The van der Waals surface area contributed by atoms with Crippen LogP contribution in [-0.2, 0) is 11.3 Å². The molecule has 1 aliphatic rings. The quantitative estimate of drug-likeness (QED) is 0.810. The van der Waals surface area contributed by atoms with Gasteiger partial charge >= 0.3 is 0 Å². The first-order valence-corrected chi connectivity index (χ1v) is 10.2. The highest BCUT2D eigenvalue weighted by atomic mass is 32.2. The Morgan fingerprint density at radius 2 is 1.88 bits per heavy atom. The Morgan fingerprint density at radius 3 is 2.44 bits per heavy atom. The maximum atomic E-state index is 12.9. The van der Waals surface area contributed by atoms with Gasteiger partial charge in [0.25, 0.3) is 5.91 Å². The number of carbonyl (C=O) groups is 1. The van der Waals surface area contributed by atoms with Crippen LogP contribution in [0.3, 0.4) is 0 Å². The van der Waals surface area contributed by atoms with Crippen molar-refractivity contribution in [1.82, 2.24) is 15.5 Å². The van der Waals surface area contributed by atoms with Gasteiger partial charge in [0, 0.05) is 18.2 Å². The monoisotopic (exact) mass is 359 g/mol. The molecule has 0 atom stereocenters. The molecule has 1 saturated carbocycles. The number of carbonyl (C=O) groups excluding carboxylic acids is 1. The van der Waals surface area contributed by atoms with Crippen LogP contribution in [0, 0.1) is 6.92 Å². The van der Waals surface area contributed by atoms with Crippen LogP contribution in [0.4, 0.5) is 0 Å². The highest BCUT2D eigenvalue weighted by Crippen LogP contribution is 2.35. The van der Waals surface area contributed by atoms with Crippen LogP contribution in [0.5, 0.6) is 0 Å². The molecule has 25 heavy (non-hydrogen) atoms. The zero-order valence-electron chi connectivity index (χ0n) is 14.9. The fraction of sp³-hybridized carbons (Fsp3) is 0.526. The number of aromatic nitrogens is 2. The van der Waals surface area contributed by atoms with Gasteiger partial charge in [-0.3, -0.25) is 4.79 Å². The second-order valence-electron chi connectivity index (χ2n) is 6.72. The first-order chi connectivity index (χ1) is 12.1. The van der Waals surface area contributed by atoms with Gasteiger partial charge in [0.05, 0.1) is 0 Å². The van der Waals surface area contributed by atoms with Crippen molar-refractivity contribution in [2.75, 3.05) is 6.26 Å². The molecule has 1 aromatic heterocycles. The Balaban J connectivity index is 1.83. The zero-order chi connectivity index (χ0) is 17.7. The van der Waals surface area contributed by atoms with Crippen molar-refractivity contribution in [3.8, 4) is 0 Å². The summed E-state index contributed by atoms with van der Waals surface area (Å²) in [5.74, 6) is 2.03. The molecule has 1 N–H and O–H groups in total. The van der Waals surface area contributed by atoms with Crippen LogP contribution >= 0.6 is 11.8 Å². The third-order valence-electron chi connectivity index (χ3n) is 4.79. The van der Waals surface area contributed by atoms with Gasteiger partial charge in [0.2, 0.25) is 5.89 Å². The number of rotatable bonds is 5. The fourth-order valence-corrected chi connectivity index (χ4v) is 3.96. The van der Waals surface area contributed by atoms with Crippen molar-refractivity contribution in [1.29, 1.82) is 0 Å². The molecule has 1 heterocycles. The molecule has 1 amide bonds. The number of aryl methyl sites for hydroxylation is 1. The van der Waals surface area contributed by atoms with Crippen LogP contribution in [-0.4, -0.2) is 22.3 Å². The second-order valence-corrected chi connectivity index (χ2v) is 7.58. The number of amides is 1. The minimum Gasteiger partial charge on any atom is -0.340 e. The smallest absolute Gasteiger partial charge is 0.252 e. The van der Waals surface area contributed by atoms with Gasteiger partial charge in [-0.05, 0) is 36.8 Å². The lowest BCUT2D eigenvalue weighted by Crippen LogP contribution is -2.46. The molecule has 0 radical (unpaired) electrons. The van der Waals surface area contributed by atoms with E-state index in [1.54, 1.807) is 18.7 Å². The number of nitrogens with one attached hydrogen (secondary N) is 1. The lowest BCUT2D eigenvalue weighted by atomic mass is 9.88. The molecule has 3 rings (SSSR count). The largest absolute Gasteiger partial charge is 0.340 e. The molecule has 6 heteroatoms. The van der Waals surface area contributed by atoms with E-state index in [9.17, 15) is 4.79 Å². The third-order valence-corrected chi connectivity index (χ3v) is 5.41. The lowest BCUT2D eigenvalue weighted by molar-refractivity contribution is 0.0876. The molecule has 0 spiro atoms. The summed E-state index contributed by atoms with van der Waals surface area (Å²) >= 11 is 1.77. The summed E-state index contributed by atoms with van der Waals surface area (Å²) in [6.45, 7) is 1.78. The van der Waals surface area contributed by atoms with Gasteiger partial charge in [-0.15, -0.1) is 0 Å². The van der Waals surface area contributed by atoms with Crippen LogP contribution in [0.2, 0.25) is 0 Å². The predicted molar refractivity (Wildman–Crippen MR) is 99.5 cm³/mol. The molecule has 1 aliphatic carbocycles. The van der Waals surface area contributed by atoms with Gasteiger partial charge in [-0.1, -0.05) is 43.0 Å². The average molecular weight is 359 g/mol.